The van der Waals surface area contributed by atoms with Gasteiger partial charge in [0.05, 0.1) is 29.7 Å². The summed E-state index contributed by atoms with van der Waals surface area (Å²) in [6, 6.07) is 13.4. The van der Waals surface area contributed by atoms with Gasteiger partial charge in [0.15, 0.2) is 0 Å². The number of aromatic nitrogens is 2. The molecule has 5 heteroatoms. The van der Waals surface area contributed by atoms with Crippen molar-refractivity contribution in [1.29, 1.82) is 0 Å². The average molecular weight is 333 g/mol. The van der Waals surface area contributed by atoms with E-state index in [9.17, 15) is 5.11 Å². The second-order valence-electron chi connectivity index (χ2n) is 4.34. The van der Waals surface area contributed by atoms with E-state index in [4.69, 9.17) is 4.74 Å². The molecule has 0 saturated heterocycles. The fourth-order valence-electron chi connectivity index (χ4n) is 2.26. The SMILES string of the molecule is COc1cccc(-c2nc3cccc(Br)n3c2CO)c1. The summed E-state index contributed by atoms with van der Waals surface area (Å²) in [6.45, 7) is -0.0870. The molecule has 1 N–H and O–H groups in total. The number of fused-ring (bicyclic) bond motifs is 1. The first-order valence-corrected chi connectivity index (χ1v) is 6.95. The Labute approximate surface area is 124 Å². The molecule has 0 aliphatic rings. The lowest BCUT2D eigenvalue weighted by Crippen LogP contribution is -1.95. The Hall–Kier alpha value is -1.85. The number of benzene rings is 1. The van der Waals surface area contributed by atoms with Crippen molar-refractivity contribution in [3.8, 4) is 17.0 Å². The van der Waals surface area contributed by atoms with Gasteiger partial charge in [-0.2, -0.15) is 0 Å². The van der Waals surface area contributed by atoms with E-state index in [1.54, 1.807) is 7.11 Å². The molecule has 20 heavy (non-hydrogen) atoms. The molecular weight excluding hydrogens is 320 g/mol. The van der Waals surface area contributed by atoms with Gasteiger partial charge in [0.1, 0.15) is 11.4 Å². The highest BCUT2D eigenvalue weighted by molar-refractivity contribution is 9.10. The Bertz CT molecular complexity index is 768. The molecule has 1 aromatic carbocycles. The molecular formula is C15H13BrN2O2. The number of methoxy groups -OCH3 is 1. The maximum atomic E-state index is 9.70. The van der Waals surface area contributed by atoms with Gasteiger partial charge in [0.2, 0.25) is 0 Å². The minimum atomic E-state index is -0.0870. The standard InChI is InChI=1S/C15H13BrN2O2/c1-20-11-5-2-4-10(8-11)15-12(9-19)18-13(16)6-3-7-14(18)17-15/h2-8,19H,9H2,1H3. The summed E-state index contributed by atoms with van der Waals surface area (Å²) in [7, 11) is 1.63. The molecule has 4 nitrogen and oxygen atoms in total. The molecule has 0 atom stereocenters. The maximum absolute atomic E-state index is 9.70. The molecule has 2 aromatic heterocycles. The zero-order valence-corrected chi connectivity index (χ0v) is 12.5. The van der Waals surface area contributed by atoms with Crippen LogP contribution in [0.25, 0.3) is 16.9 Å². The van der Waals surface area contributed by atoms with Crippen molar-refractivity contribution in [3.63, 3.8) is 0 Å². The monoisotopic (exact) mass is 332 g/mol. The number of aliphatic hydroxyl groups is 1. The number of halogens is 1. The Balaban J connectivity index is 2.27. The summed E-state index contributed by atoms with van der Waals surface area (Å²) in [5.74, 6) is 0.766. The Morgan fingerprint density at radius 3 is 2.80 bits per heavy atom. The lowest BCUT2D eigenvalue weighted by molar-refractivity contribution is 0.276. The lowest BCUT2D eigenvalue weighted by atomic mass is 10.1. The van der Waals surface area contributed by atoms with Crippen LogP contribution in [0.3, 0.4) is 0 Å². The van der Waals surface area contributed by atoms with Gasteiger partial charge >= 0.3 is 0 Å². The van der Waals surface area contributed by atoms with Crippen molar-refractivity contribution < 1.29 is 9.84 Å². The third-order valence-electron chi connectivity index (χ3n) is 3.18. The Morgan fingerprint density at radius 2 is 2.05 bits per heavy atom. The number of nitrogens with zero attached hydrogens (tertiary/aromatic N) is 2. The average Bonchev–Trinajstić information content (AvgIpc) is 2.87. The second-order valence-corrected chi connectivity index (χ2v) is 5.15. The van der Waals surface area contributed by atoms with E-state index in [2.05, 4.69) is 20.9 Å². The Kier molecular flexibility index (Phi) is 3.46. The van der Waals surface area contributed by atoms with Crippen LogP contribution < -0.4 is 4.74 Å². The summed E-state index contributed by atoms with van der Waals surface area (Å²) < 4.78 is 8.00. The number of pyridine rings is 1. The fourth-order valence-corrected chi connectivity index (χ4v) is 2.81. The van der Waals surface area contributed by atoms with Crippen LogP contribution in [-0.2, 0) is 6.61 Å². The molecule has 0 unspecified atom stereocenters. The minimum absolute atomic E-state index is 0.0870. The summed E-state index contributed by atoms with van der Waals surface area (Å²) in [6.07, 6.45) is 0. The van der Waals surface area contributed by atoms with Crippen LogP contribution in [0.15, 0.2) is 47.1 Å². The van der Waals surface area contributed by atoms with Crippen molar-refractivity contribution in [1.82, 2.24) is 9.38 Å². The van der Waals surface area contributed by atoms with E-state index >= 15 is 0 Å². The first kappa shape index (κ1) is 13.1. The van der Waals surface area contributed by atoms with Gasteiger partial charge in [-0.3, -0.25) is 4.40 Å². The van der Waals surface area contributed by atoms with Gasteiger partial charge in [-0.15, -0.1) is 0 Å². The van der Waals surface area contributed by atoms with Crippen LogP contribution in [0.2, 0.25) is 0 Å². The zero-order chi connectivity index (χ0) is 14.1. The number of aliphatic hydroxyl groups excluding tert-OH is 1. The van der Waals surface area contributed by atoms with Crippen molar-refractivity contribution in [2.24, 2.45) is 0 Å². The van der Waals surface area contributed by atoms with Gasteiger partial charge < -0.3 is 9.84 Å². The zero-order valence-electron chi connectivity index (χ0n) is 10.9. The van der Waals surface area contributed by atoms with Gasteiger partial charge in [-0.1, -0.05) is 18.2 Å². The smallest absolute Gasteiger partial charge is 0.138 e. The maximum Gasteiger partial charge on any atom is 0.138 e. The quantitative estimate of drug-likeness (QED) is 0.749. The van der Waals surface area contributed by atoms with Crippen LogP contribution in [0.1, 0.15) is 5.69 Å². The van der Waals surface area contributed by atoms with E-state index in [1.807, 2.05) is 46.9 Å². The van der Waals surface area contributed by atoms with E-state index in [-0.39, 0.29) is 6.61 Å². The first-order chi connectivity index (χ1) is 9.74. The highest BCUT2D eigenvalue weighted by atomic mass is 79.9. The van der Waals surface area contributed by atoms with Crippen LogP contribution in [0, 0.1) is 0 Å². The molecule has 2 heterocycles. The molecule has 102 valence electrons. The van der Waals surface area contributed by atoms with Gasteiger partial charge in [0.25, 0.3) is 0 Å². The molecule has 0 amide bonds. The molecule has 0 spiro atoms. The van der Waals surface area contributed by atoms with E-state index in [1.165, 1.54) is 0 Å². The third kappa shape index (κ3) is 2.09. The number of ether oxygens (including phenoxy) is 1. The first-order valence-electron chi connectivity index (χ1n) is 6.15. The van der Waals surface area contributed by atoms with Gasteiger partial charge in [0, 0.05) is 5.56 Å². The summed E-state index contributed by atoms with van der Waals surface area (Å²) >= 11 is 3.49. The molecule has 0 aliphatic carbocycles. The van der Waals surface area contributed by atoms with Crippen LogP contribution in [-0.4, -0.2) is 21.6 Å². The van der Waals surface area contributed by atoms with Crippen LogP contribution in [0.4, 0.5) is 0 Å². The predicted octanol–water partition coefficient (Wildman–Crippen LogP) is 3.26. The predicted molar refractivity (Wildman–Crippen MR) is 80.8 cm³/mol. The summed E-state index contributed by atoms with van der Waals surface area (Å²) in [4.78, 5) is 4.61. The normalized spacial score (nSPS) is 10.9. The van der Waals surface area contributed by atoms with Gasteiger partial charge in [-0.05, 0) is 40.2 Å². The van der Waals surface area contributed by atoms with Crippen molar-refractivity contribution in [2.75, 3.05) is 7.11 Å². The van der Waals surface area contributed by atoms with Crippen LogP contribution in [0.5, 0.6) is 5.75 Å². The summed E-state index contributed by atoms with van der Waals surface area (Å²) in [5, 5.41) is 9.70. The number of hydrogen-bond acceptors (Lipinski definition) is 3. The van der Waals surface area contributed by atoms with Crippen molar-refractivity contribution in [3.05, 3.63) is 52.8 Å². The third-order valence-corrected chi connectivity index (χ3v) is 3.80. The number of rotatable bonds is 3. The van der Waals surface area contributed by atoms with Crippen molar-refractivity contribution >= 4 is 21.6 Å². The number of imidazole rings is 1. The molecule has 0 bridgehead atoms. The molecule has 0 fully saturated rings. The second kappa shape index (κ2) is 5.26. The topological polar surface area (TPSA) is 46.8 Å². The molecule has 3 rings (SSSR count). The highest BCUT2D eigenvalue weighted by Gasteiger charge is 2.15. The molecule has 0 radical (unpaired) electrons. The fraction of sp³-hybridized carbons (Fsp3) is 0.133. The molecule has 0 saturated carbocycles. The summed E-state index contributed by atoms with van der Waals surface area (Å²) in [5.41, 5.74) is 3.23. The number of hydrogen-bond donors (Lipinski definition) is 1. The molecule has 0 aliphatic heterocycles. The molecule has 3 aromatic rings. The van der Waals surface area contributed by atoms with E-state index < -0.39 is 0 Å². The van der Waals surface area contributed by atoms with Gasteiger partial charge in [-0.25, -0.2) is 4.98 Å². The minimum Gasteiger partial charge on any atom is -0.497 e. The van der Waals surface area contributed by atoms with Crippen LogP contribution >= 0.6 is 15.9 Å². The van der Waals surface area contributed by atoms with E-state index in [0.717, 1.165) is 33.0 Å². The van der Waals surface area contributed by atoms with E-state index in [0.29, 0.717) is 0 Å². The van der Waals surface area contributed by atoms with Crippen molar-refractivity contribution in [2.45, 2.75) is 6.61 Å². The Morgan fingerprint density at radius 1 is 1.25 bits per heavy atom. The largest absolute Gasteiger partial charge is 0.497 e. The lowest BCUT2D eigenvalue weighted by Gasteiger charge is -2.05. The highest BCUT2D eigenvalue weighted by Crippen LogP contribution is 2.29.